The van der Waals surface area contributed by atoms with Crippen molar-refractivity contribution in [2.24, 2.45) is 0 Å². The highest BCUT2D eigenvalue weighted by Crippen LogP contribution is 2.30. The number of fused-ring (bicyclic) bond motifs is 1. The summed E-state index contributed by atoms with van der Waals surface area (Å²) in [5, 5.41) is 7.69. The first-order valence-corrected chi connectivity index (χ1v) is 7.89. The molecule has 1 amide bonds. The van der Waals surface area contributed by atoms with Crippen molar-refractivity contribution in [1.82, 2.24) is 29.5 Å². The number of nitrogens with one attached hydrogen (secondary N) is 1. The molecule has 4 rings (SSSR count). The molecule has 0 aromatic carbocycles. The predicted octanol–water partition coefficient (Wildman–Crippen LogP) is 1.18. The summed E-state index contributed by atoms with van der Waals surface area (Å²) in [5.41, 5.74) is 0.859. The number of hydrogen-bond acceptors (Lipinski definition) is 5. The molecule has 0 saturated carbocycles. The Labute approximate surface area is 137 Å². The van der Waals surface area contributed by atoms with Gasteiger partial charge in [0.25, 0.3) is 11.5 Å². The number of H-pyrrole nitrogens is 1. The van der Waals surface area contributed by atoms with E-state index >= 15 is 0 Å². The van der Waals surface area contributed by atoms with Gasteiger partial charge < -0.3 is 9.88 Å². The Hall–Kier alpha value is -3.03. The van der Waals surface area contributed by atoms with Crippen molar-refractivity contribution >= 4 is 11.7 Å². The van der Waals surface area contributed by atoms with Crippen LogP contribution in [0.5, 0.6) is 0 Å². The zero-order chi connectivity index (χ0) is 16.5. The van der Waals surface area contributed by atoms with E-state index in [1.807, 2.05) is 0 Å². The Kier molecular flexibility index (Phi) is 3.56. The van der Waals surface area contributed by atoms with Gasteiger partial charge in [0.2, 0.25) is 5.78 Å². The van der Waals surface area contributed by atoms with E-state index in [1.54, 1.807) is 35.5 Å². The van der Waals surface area contributed by atoms with Crippen LogP contribution in [0.3, 0.4) is 0 Å². The molecular formula is C16H16N6O2. The van der Waals surface area contributed by atoms with Crippen molar-refractivity contribution < 1.29 is 4.79 Å². The molecule has 4 heterocycles. The molecule has 1 saturated heterocycles. The Morgan fingerprint density at radius 3 is 3.04 bits per heavy atom. The number of aromatic nitrogens is 5. The Morgan fingerprint density at radius 2 is 2.21 bits per heavy atom. The van der Waals surface area contributed by atoms with Crippen LogP contribution in [0.25, 0.3) is 5.78 Å². The van der Waals surface area contributed by atoms with E-state index in [0.29, 0.717) is 23.7 Å². The third-order valence-electron chi connectivity index (χ3n) is 4.33. The molecule has 0 bridgehead atoms. The largest absolute Gasteiger partial charge is 0.329 e. The van der Waals surface area contributed by atoms with Crippen LogP contribution in [0.15, 0.2) is 41.6 Å². The third-order valence-corrected chi connectivity index (χ3v) is 4.33. The van der Waals surface area contributed by atoms with E-state index in [-0.39, 0.29) is 17.5 Å². The maximum Gasteiger partial charge on any atom is 0.274 e. The lowest BCUT2D eigenvalue weighted by Crippen LogP contribution is -2.39. The summed E-state index contributed by atoms with van der Waals surface area (Å²) in [7, 11) is 0. The van der Waals surface area contributed by atoms with Crippen molar-refractivity contribution in [2.45, 2.75) is 25.3 Å². The van der Waals surface area contributed by atoms with E-state index in [2.05, 4.69) is 20.2 Å². The number of nitrogens with zero attached hydrogens (tertiary/aromatic N) is 5. The minimum atomic E-state index is -0.192. The first kappa shape index (κ1) is 14.6. The van der Waals surface area contributed by atoms with Gasteiger partial charge in [-0.25, -0.2) is 4.98 Å². The number of carbonyl (C=O) groups excluding carboxylic acids is 1. The van der Waals surface area contributed by atoms with E-state index in [1.165, 1.54) is 10.6 Å². The molecule has 1 aliphatic rings. The number of piperidine rings is 1. The lowest BCUT2D eigenvalue weighted by molar-refractivity contribution is 0.0598. The molecule has 0 radical (unpaired) electrons. The molecule has 1 fully saturated rings. The van der Waals surface area contributed by atoms with E-state index in [9.17, 15) is 9.59 Å². The molecule has 1 N–H and O–H groups in total. The zero-order valence-corrected chi connectivity index (χ0v) is 12.9. The normalized spacial score (nSPS) is 18.0. The van der Waals surface area contributed by atoms with E-state index in [0.717, 1.165) is 19.3 Å². The molecule has 0 spiro atoms. The van der Waals surface area contributed by atoms with Crippen molar-refractivity contribution in [3.63, 3.8) is 0 Å². The van der Waals surface area contributed by atoms with Gasteiger partial charge >= 0.3 is 0 Å². The van der Waals surface area contributed by atoms with Gasteiger partial charge in [-0.1, -0.05) is 0 Å². The highest BCUT2D eigenvalue weighted by molar-refractivity contribution is 5.92. The SMILES string of the molecule is O=C(c1cccnn1)N1CCCC[C@H]1c1cc(=O)n2ccnc2[nH]1. The van der Waals surface area contributed by atoms with Gasteiger partial charge in [0.05, 0.1) is 6.04 Å². The van der Waals surface area contributed by atoms with Crippen LogP contribution in [0.1, 0.15) is 41.5 Å². The van der Waals surface area contributed by atoms with E-state index in [4.69, 9.17) is 0 Å². The van der Waals surface area contributed by atoms with Crippen LogP contribution < -0.4 is 5.56 Å². The maximum absolute atomic E-state index is 12.8. The summed E-state index contributed by atoms with van der Waals surface area (Å²) < 4.78 is 1.45. The number of carbonyl (C=O) groups is 1. The van der Waals surface area contributed by atoms with Gasteiger partial charge in [0, 0.05) is 36.9 Å². The van der Waals surface area contributed by atoms with Gasteiger partial charge in [-0.2, -0.15) is 5.10 Å². The van der Waals surface area contributed by atoms with Gasteiger partial charge in [-0.3, -0.25) is 14.0 Å². The topological polar surface area (TPSA) is 96.2 Å². The zero-order valence-electron chi connectivity index (χ0n) is 12.9. The average molecular weight is 324 g/mol. The van der Waals surface area contributed by atoms with Crippen LogP contribution in [-0.4, -0.2) is 41.9 Å². The molecule has 8 heteroatoms. The molecule has 8 nitrogen and oxygen atoms in total. The van der Waals surface area contributed by atoms with Crippen LogP contribution in [0.2, 0.25) is 0 Å². The summed E-state index contributed by atoms with van der Waals surface area (Å²) in [6.45, 7) is 0.627. The smallest absolute Gasteiger partial charge is 0.274 e. The van der Waals surface area contributed by atoms with Crippen LogP contribution in [0, 0.1) is 0 Å². The Balaban J connectivity index is 1.73. The fraction of sp³-hybridized carbons (Fsp3) is 0.312. The number of imidazole rings is 1. The molecule has 0 unspecified atom stereocenters. The fourth-order valence-corrected chi connectivity index (χ4v) is 3.18. The minimum absolute atomic E-state index is 0.159. The summed E-state index contributed by atoms with van der Waals surface area (Å²) >= 11 is 0. The molecule has 3 aromatic rings. The molecular weight excluding hydrogens is 308 g/mol. The first-order chi connectivity index (χ1) is 11.7. The first-order valence-electron chi connectivity index (χ1n) is 7.89. The quantitative estimate of drug-likeness (QED) is 0.763. The number of hydrogen-bond donors (Lipinski definition) is 1. The van der Waals surface area contributed by atoms with Gasteiger partial charge in [-0.15, -0.1) is 5.10 Å². The minimum Gasteiger partial charge on any atom is -0.329 e. The van der Waals surface area contributed by atoms with Crippen molar-refractivity contribution in [3.05, 3.63) is 58.5 Å². The molecule has 3 aromatic heterocycles. The second-order valence-electron chi connectivity index (χ2n) is 5.80. The van der Waals surface area contributed by atoms with Gasteiger partial charge in [-0.05, 0) is 31.4 Å². The summed E-state index contributed by atoms with van der Waals surface area (Å²) in [6.07, 6.45) is 7.43. The molecule has 1 aliphatic heterocycles. The van der Waals surface area contributed by atoms with E-state index < -0.39 is 0 Å². The van der Waals surface area contributed by atoms with Crippen LogP contribution in [-0.2, 0) is 0 Å². The average Bonchev–Trinajstić information content (AvgIpc) is 3.11. The predicted molar refractivity (Wildman–Crippen MR) is 85.5 cm³/mol. The second-order valence-corrected chi connectivity index (χ2v) is 5.80. The van der Waals surface area contributed by atoms with Crippen molar-refractivity contribution in [1.29, 1.82) is 0 Å². The summed E-state index contributed by atoms with van der Waals surface area (Å²) in [4.78, 5) is 34.1. The molecule has 24 heavy (non-hydrogen) atoms. The molecule has 122 valence electrons. The second kappa shape index (κ2) is 5.88. The lowest BCUT2D eigenvalue weighted by atomic mass is 9.98. The van der Waals surface area contributed by atoms with Gasteiger partial charge in [0.1, 0.15) is 0 Å². The Morgan fingerprint density at radius 1 is 1.29 bits per heavy atom. The Bertz CT molecular complexity index is 932. The fourth-order valence-electron chi connectivity index (χ4n) is 3.18. The van der Waals surface area contributed by atoms with Crippen molar-refractivity contribution in [3.8, 4) is 0 Å². The van der Waals surface area contributed by atoms with Gasteiger partial charge in [0.15, 0.2) is 5.69 Å². The summed E-state index contributed by atoms with van der Waals surface area (Å²) in [5.74, 6) is 0.312. The number of aromatic amines is 1. The molecule has 0 aliphatic carbocycles. The third kappa shape index (κ3) is 2.45. The standard InChI is InChI=1S/C16H16N6O2/c23-14-10-12(19-16-17-7-9-22(14)16)13-5-1-2-8-21(13)15(24)11-4-3-6-18-20-11/h3-4,6-7,9-10,13H,1-2,5,8H2,(H,17,19)/t13-/m0/s1. The number of rotatable bonds is 2. The van der Waals surface area contributed by atoms with Crippen molar-refractivity contribution in [2.75, 3.05) is 6.54 Å². The highest BCUT2D eigenvalue weighted by Gasteiger charge is 2.30. The summed E-state index contributed by atoms with van der Waals surface area (Å²) in [6, 6.07) is 4.70. The van der Waals surface area contributed by atoms with Crippen LogP contribution >= 0.6 is 0 Å². The maximum atomic E-state index is 12.8. The van der Waals surface area contributed by atoms with Crippen LogP contribution in [0.4, 0.5) is 0 Å². The number of amides is 1. The molecule has 1 atom stereocenters. The highest BCUT2D eigenvalue weighted by atomic mass is 16.2. The number of likely N-dealkylation sites (tertiary alicyclic amines) is 1. The lowest BCUT2D eigenvalue weighted by Gasteiger charge is -2.35. The monoisotopic (exact) mass is 324 g/mol.